The molecular weight excluding hydrogens is 138 g/mol. The quantitative estimate of drug-likeness (QED) is 0.305. The van der Waals surface area contributed by atoms with Crippen molar-refractivity contribution in [2.24, 2.45) is 0 Å². The molecule has 1 unspecified atom stereocenters. The van der Waals surface area contributed by atoms with Crippen LogP contribution in [0.15, 0.2) is 0 Å². The molecule has 1 aliphatic rings. The number of isocyanates is 1. The van der Waals surface area contributed by atoms with Crippen molar-refractivity contribution in [2.75, 3.05) is 6.61 Å². The van der Waals surface area contributed by atoms with Crippen LogP contribution in [0.2, 0.25) is 0 Å². The van der Waals surface area contributed by atoms with E-state index in [2.05, 4.69) is 9.47 Å². The van der Waals surface area contributed by atoms with E-state index < -0.39 is 6.16 Å². The molecule has 1 heterocycles. The van der Waals surface area contributed by atoms with Gasteiger partial charge in [0.2, 0.25) is 6.08 Å². The fourth-order valence-corrected chi connectivity index (χ4v) is 0.418. The van der Waals surface area contributed by atoms with Gasteiger partial charge in [-0.05, 0) is 6.92 Å². The fourth-order valence-electron chi connectivity index (χ4n) is 0.418. The molecule has 56 valence electrons. The first kappa shape index (κ1) is 8.65. The Hall–Kier alpha value is -1.35. The lowest BCUT2D eigenvalue weighted by Crippen LogP contribution is -2.01. The van der Waals surface area contributed by atoms with E-state index in [9.17, 15) is 4.79 Å². The van der Waals surface area contributed by atoms with E-state index in [1.807, 2.05) is 0 Å². The summed E-state index contributed by atoms with van der Waals surface area (Å²) in [6.45, 7) is 2.18. The standard InChI is InChI=1S/C4H6O3.CHNO/c1-3-2-6-4(5)7-3;2-1-3/h3H,2H2,1H3;2H. The highest BCUT2D eigenvalue weighted by atomic mass is 16.8. The van der Waals surface area contributed by atoms with E-state index in [0.717, 1.165) is 6.08 Å². The molecule has 0 aromatic carbocycles. The van der Waals surface area contributed by atoms with Gasteiger partial charge in [-0.3, -0.25) is 0 Å². The third-order valence-electron chi connectivity index (χ3n) is 0.733. The van der Waals surface area contributed by atoms with Gasteiger partial charge in [-0.25, -0.2) is 15.0 Å². The van der Waals surface area contributed by atoms with Crippen molar-refractivity contribution < 1.29 is 19.1 Å². The maximum Gasteiger partial charge on any atom is 0.508 e. The summed E-state index contributed by atoms with van der Waals surface area (Å²) in [7, 11) is 0. The largest absolute Gasteiger partial charge is 0.508 e. The molecule has 1 N–H and O–H groups in total. The second-order valence-corrected chi connectivity index (χ2v) is 1.59. The Morgan fingerprint density at radius 2 is 2.30 bits per heavy atom. The zero-order chi connectivity index (χ0) is 7.98. The molecule has 5 heteroatoms. The van der Waals surface area contributed by atoms with Gasteiger partial charge in [-0.15, -0.1) is 0 Å². The van der Waals surface area contributed by atoms with Crippen molar-refractivity contribution in [1.29, 1.82) is 5.41 Å². The van der Waals surface area contributed by atoms with Crippen molar-refractivity contribution in [1.82, 2.24) is 0 Å². The Morgan fingerprint density at radius 1 is 1.80 bits per heavy atom. The molecule has 1 aliphatic heterocycles. The summed E-state index contributed by atoms with van der Waals surface area (Å²) in [5, 5.41) is 5.40. The molecule has 1 fully saturated rings. The van der Waals surface area contributed by atoms with Gasteiger partial charge in [-0.2, -0.15) is 0 Å². The number of hydrogen-bond acceptors (Lipinski definition) is 5. The number of rotatable bonds is 0. The van der Waals surface area contributed by atoms with Crippen LogP contribution in [0, 0.1) is 5.41 Å². The highest BCUT2D eigenvalue weighted by molar-refractivity contribution is 5.61. The van der Waals surface area contributed by atoms with Crippen LogP contribution < -0.4 is 0 Å². The molecule has 0 aromatic rings. The van der Waals surface area contributed by atoms with Gasteiger partial charge in [0.25, 0.3) is 0 Å². The molecule has 0 amide bonds. The molecule has 1 atom stereocenters. The van der Waals surface area contributed by atoms with Crippen LogP contribution in [0.3, 0.4) is 0 Å². The third kappa shape index (κ3) is 3.63. The van der Waals surface area contributed by atoms with E-state index in [1.54, 1.807) is 6.92 Å². The SMILES string of the molecule is CC1COC(=O)O1.N=C=O. The van der Waals surface area contributed by atoms with E-state index in [-0.39, 0.29) is 6.10 Å². The van der Waals surface area contributed by atoms with Crippen molar-refractivity contribution in [2.45, 2.75) is 13.0 Å². The summed E-state index contributed by atoms with van der Waals surface area (Å²) >= 11 is 0. The molecule has 1 rings (SSSR count). The Morgan fingerprint density at radius 3 is 2.40 bits per heavy atom. The Bertz CT molecular complexity index is 150. The van der Waals surface area contributed by atoms with Crippen LogP contribution in [0.5, 0.6) is 0 Å². The van der Waals surface area contributed by atoms with Gasteiger partial charge < -0.3 is 9.47 Å². The summed E-state index contributed by atoms with van der Waals surface area (Å²) in [6, 6.07) is 0. The van der Waals surface area contributed by atoms with Crippen molar-refractivity contribution >= 4 is 12.2 Å². The zero-order valence-electron chi connectivity index (χ0n) is 5.42. The average molecular weight is 145 g/mol. The maximum atomic E-state index is 10.0. The monoisotopic (exact) mass is 145 g/mol. The van der Waals surface area contributed by atoms with E-state index in [0.29, 0.717) is 6.61 Å². The van der Waals surface area contributed by atoms with Crippen molar-refractivity contribution in [3.8, 4) is 0 Å². The van der Waals surface area contributed by atoms with Gasteiger partial charge in [0.05, 0.1) is 0 Å². The van der Waals surface area contributed by atoms with Crippen LogP contribution in [-0.2, 0) is 14.3 Å². The predicted molar refractivity (Wildman–Crippen MR) is 30.3 cm³/mol. The summed E-state index contributed by atoms with van der Waals surface area (Å²) < 4.78 is 8.90. The second kappa shape index (κ2) is 4.52. The number of cyclic esters (lactones) is 2. The molecule has 0 aromatic heterocycles. The molecule has 0 saturated carbocycles. The lowest BCUT2D eigenvalue weighted by Gasteiger charge is -1.90. The number of ether oxygens (including phenoxy) is 2. The highest BCUT2D eigenvalue weighted by Gasteiger charge is 2.19. The topological polar surface area (TPSA) is 76.5 Å². The van der Waals surface area contributed by atoms with Gasteiger partial charge in [-0.1, -0.05) is 0 Å². The average Bonchev–Trinajstić information content (AvgIpc) is 2.17. The molecule has 1 saturated heterocycles. The van der Waals surface area contributed by atoms with E-state index in [4.69, 9.17) is 10.2 Å². The summed E-state index contributed by atoms with van der Waals surface area (Å²) in [5.74, 6) is 0. The first-order valence-electron chi connectivity index (χ1n) is 2.58. The van der Waals surface area contributed by atoms with E-state index >= 15 is 0 Å². The number of hydrogen-bond donors (Lipinski definition) is 1. The van der Waals surface area contributed by atoms with Crippen LogP contribution in [0.4, 0.5) is 4.79 Å². The Kier molecular flexibility index (Phi) is 3.91. The summed E-state index contributed by atoms with van der Waals surface area (Å²) in [6.07, 6.45) is 0.153. The van der Waals surface area contributed by atoms with Crippen LogP contribution in [0.1, 0.15) is 6.92 Å². The van der Waals surface area contributed by atoms with E-state index in [1.165, 1.54) is 0 Å². The molecule has 5 nitrogen and oxygen atoms in total. The predicted octanol–water partition coefficient (Wildman–Crippen LogP) is 0.443. The molecule has 0 radical (unpaired) electrons. The maximum absolute atomic E-state index is 10.0. The molecule has 10 heavy (non-hydrogen) atoms. The number of nitrogens with one attached hydrogen (secondary N) is 1. The van der Waals surface area contributed by atoms with Gasteiger partial charge >= 0.3 is 6.16 Å². The minimum Gasteiger partial charge on any atom is -0.430 e. The van der Waals surface area contributed by atoms with Gasteiger partial charge in [0, 0.05) is 0 Å². The third-order valence-corrected chi connectivity index (χ3v) is 0.733. The van der Waals surface area contributed by atoms with Gasteiger partial charge in [0.1, 0.15) is 12.7 Å². The summed E-state index contributed by atoms with van der Waals surface area (Å²) in [4.78, 5) is 18.4. The summed E-state index contributed by atoms with van der Waals surface area (Å²) in [5.41, 5.74) is 0. The Labute approximate surface area is 57.4 Å². The molecule has 0 bridgehead atoms. The number of carbonyl (C=O) groups excluding carboxylic acids is 2. The molecule has 0 spiro atoms. The first-order chi connectivity index (χ1) is 4.70. The normalized spacial score (nSPS) is 21.3. The lowest BCUT2D eigenvalue weighted by molar-refractivity contribution is 0.121. The molecular formula is C5H7NO4. The van der Waals surface area contributed by atoms with Crippen LogP contribution >= 0.6 is 0 Å². The highest BCUT2D eigenvalue weighted by Crippen LogP contribution is 2.02. The smallest absolute Gasteiger partial charge is 0.430 e. The van der Waals surface area contributed by atoms with Crippen LogP contribution in [-0.4, -0.2) is 24.9 Å². The second-order valence-electron chi connectivity index (χ2n) is 1.59. The van der Waals surface area contributed by atoms with Crippen LogP contribution in [0.25, 0.3) is 0 Å². The van der Waals surface area contributed by atoms with Gasteiger partial charge in [0.15, 0.2) is 0 Å². The minimum absolute atomic E-state index is 0.0486. The Balaban J connectivity index is 0.000000236. The fraction of sp³-hybridized carbons (Fsp3) is 0.600. The first-order valence-corrected chi connectivity index (χ1v) is 2.58. The molecule has 0 aliphatic carbocycles. The lowest BCUT2D eigenvalue weighted by atomic mass is 10.5. The number of carbonyl (C=O) groups is 1. The van der Waals surface area contributed by atoms with Crippen molar-refractivity contribution in [3.05, 3.63) is 0 Å². The minimum atomic E-state index is -0.549. The van der Waals surface area contributed by atoms with Crippen molar-refractivity contribution in [3.63, 3.8) is 0 Å². The zero-order valence-corrected chi connectivity index (χ0v) is 5.42.